The summed E-state index contributed by atoms with van der Waals surface area (Å²) in [5.41, 5.74) is -0.548. The van der Waals surface area contributed by atoms with Crippen molar-refractivity contribution in [3.63, 3.8) is 0 Å². The number of nitrogens with one attached hydrogen (secondary N) is 1. The zero-order valence-corrected chi connectivity index (χ0v) is 21.6. The van der Waals surface area contributed by atoms with E-state index in [4.69, 9.17) is 21.1 Å². The first-order valence-corrected chi connectivity index (χ1v) is 12.0. The Morgan fingerprint density at radius 2 is 1.82 bits per heavy atom. The number of rotatable bonds is 8. The third-order valence-electron chi connectivity index (χ3n) is 6.37. The van der Waals surface area contributed by atoms with Crippen LogP contribution >= 0.6 is 11.6 Å². The van der Waals surface area contributed by atoms with E-state index in [0.717, 1.165) is 17.0 Å². The minimum absolute atomic E-state index is 0.0452. The maximum Gasteiger partial charge on any atom is 0.277 e. The van der Waals surface area contributed by atoms with Crippen LogP contribution in [0.4, 0.5) is 14.5 Å². The van der Waals surface area contributed by atoms with Crippen LogP contribution in [0.15, 0.2) is 47.5 Å². The third-order valence-corrected chi connectivity index (χ3v) is 6.62. The number of nitrogens with zero attached hydrogens (tertiary/aromatic N) is 3. The molecule has 0 saturated carbocycles. The number of ether oxygens (including phenoxy) is 2. The molecule has 2 heterocycles. The molecule has 1 aliphatic heterocycles. The monoisotopic (exact) mass is 546 g/mol. The van der Waals surface area contributed by atoms with Gasteiger partial charge in [0.15, 0.2) is 0 Å². The van der Waals surface area contributed by atoms with Crippen molar-refractivity contribution in [2.75, 3.05) is 32.3 Å². The highest BCUT2D eigenvalue weighted by molar-refractivity contribution is 6.30. The van der Waals surface area contributed by atoms with Crippen molar-refractivity contribution in [2.24, 2.45) is 0 Å². The van der Waals surface area contributed by atoms with E-state index < -0.39 is 46.5 Å². The summed E-state index contributed by atoms with van der Waals surface area (Å²) in [5, 5.41) is 3.00. The van der Waals surface area contributed by atoms with E-state index in [1.54, 1.807) is 6.92 Å². The van der Waals surface area contributed by atoms with E-state index in [1.807, 2.05) is 0 Å². The number of halogens is 3. The second-order valence-electron chi connectivity index (χ2n) is 8.69. The quantitative estimate of drug-likeness (QED) is 0.466. The van der Waals surface area contributed by atoms with Gasteiger partial charge in [0.05, 0.1) is 32.3 Å². The van der Waals surface area contributed by atoms with Gasteiger partial charge >= 0.3 is 0 Å². The summed E-state index contributed by atoms with van der Waals surface area (Å²) in [7, 11) is 2.75. The molecule has 1 aromatic heterocycles. The number of aryl methyl sites for hydroxylation is 1. The Bertz CT molecular complexity index is 1410. The van der Waals surface area contributed by atoms with E-state index in [-0.39, 0.29) is 42.4 Å². The van der Waals surface area contributed by atoms with Gasteiger partial charge < -0.3 is 19.7 Å². The van der Waals surface area contributed by atoms with Gasteiger partial charge in [0.25, 0.3) is 17.4 Å². The van der Waals surface area contributed by atoms with Crippen LogP contribution in [0.25, 0.3) is 0 Å². The molecule has 200 valence electrons. The summed E-state index contributed by atoms with van der Waals surface area (Å²) in [6.07, 6.45) is 1.33. The highest BCUT2D eigenvalue weighted by Crippen LogP contribution is 2.36. The predicted octanol–water partition coefficient (Wildman–Crippen LogP) is 3.07. The summed E-state index contributed by atoms with van der Waals surface area (Å²) in [5.74, 6) is -4.48. The van der Waals surface area contributed by atoms with Crippen molar-refractivity contribution in [1.29, 1.82) is 0 Å². The minimum atomic E-state index is -1.39. The molecule has 38 heavy (non-hydrogen) atoms. The average molecular weight is 547 g/mol. The van der Waals surface area contributed by atoms with Crippen LogP contribution in [0, 0.1) is 18.6 Å². The van der Waals surface area contributed by atoms with Gasteiger partial charge in [-0.3, -0.25) is 19.0 Å². The Hall–Kier alpha value is -3.83. The van der Waals surface area contributed by atoms with Crippen molar-refractivity contribution in [3.8, 4) is 5.75 Å². The van der Waals surface area contributed by atoms with Crippen LogP contribution in [-0.4, -0.2) is 54.8 Å². The normalized spacial score (nSPS) is 17.1. The molecular weight excluding hydrogens is 522 g/mol. The van der Waals surface area contributed by atoms with Crippen molar-refractivity contribution < 1.29 is 27.8 Å². The molecule has 0 aliphatic carbocycles. The van der Waals surface area contributed by atoms with E-state index >= 15 is 8.78 Å². The lowest BCUT2D eigenvalue weighted by atomic mass is 9.92. The molecule has 4 rings (SSSR count). The molecular formula is C26H25ClF2N4O5. The van der Waals surface area contributed by atoms with Gasteiger partial charge in [-0.15, -0.1) is 0 Å². The van der Waals surface area contributed by atoms with Gasteiger partial charge in [-0.05, 0) is 31.2 Å². The summed E-state index contributed by atoms with van der Waals surface area (Å²) in [4.78, 5) is 45.4. The molecule has 0 spiro atoms. The van der Waals surface area contributed by atoms with Crippen LogP contribution in [0.5, 0.6) is 5.75 Å². The van der Waals surface area contributed by atoms with Crippen LogP contribution in [-0.2, 0) is 16.1 Å². The summed E-state index contributed by atoms with van der Waals surface area (Å²) in [6, 6.07) is 6.52. The number of benzene rings is 2. The molecule has 12 heteroatoms. The number of anilines is 1. The molecule has 2 amide bonds. The van der Waals surface area contributed by atoms with Gasteiger partial charge in [-0.1, -0.05) is 11.6 Å². The Kier molecular flexibility index (Phi) is 8.08. The van der Waals surface area contributed by atoms with E-state index in [2.05, 4.69) is 10.3 Å². The maximum atomic E-state index is 15.2. The lowest BCUT2D eigenvalue weighted by Crippen LogP contribution is -2.45. The highest BCUT2D eigenvalue weighted by atomic mass is 35.5. The van der Waals surface area contributed by atoms with Crippen LogP contribution in [0.1, 0.15) is 27.5 Å². The Morgan fingerprint density at radius 3 is 2.42 bits per heavy atom. The first-order chi connectivity index (χ1) is 18.2. The molecule has 9 nitrogen and oxygen atoms in total. The van der Waals surface area contributed by atoms with Gasteiger partial charge in [0.1, 0.15) is 29.1 Å². The minimum Gasteiger partial charge on any atom is -0.497 e. The number of amides is 2. The van der Waals surface area contributed by atoms with E-state index in [1.165, 1.54) is 49.4 Å². The number of aromatic nitrogens is 2. The topological polar surface area (TPSA) is 103 Å². The molecule has 0 unspecified atom stereocenters. The Morgan fingerprint density at radius 1 is 1.16 bits per heavy atom. The van der Waals surface area contributed by atoms with Crippen molar-refractivity contribution in [3.05, 3.63) is 86.6 Å². The predicted molar refractivity (Wildman–Crippen MR) is 136 cm³/mol. The first-order valence-electron chi connectivity index (χ1n) is 11.6. The van der Waals surface area contributed by atoms with Gasteiger partial charge in [0.2, 0.25) is 0 Å². The number of carbonyl (C=O) groups excluding carboxylic acids is 2. The first kappa shape index (κ1) is 27.2. The number of methoxy groups -OCH3 is 2. The highest BCUT2D eigenvalue weighted by Gasteiger charge is 2.46. The van der Waals surface area contributed by atoms with Gasteiger partial charge in [-0.25, -0.2) is 13.8 Å². The zero-order chi connectivity index (χ0) is 27.6. The summed E-state index contributed by atoms with van der Waals surface area (Å²) < 4.78 is 41.6. The van der Waals surface area contributed by atoms with Gasteiger partial charge in [0, 0.05) is 47.9 Å². The molecule has 2 aromatic carbocycles. The summed E-state index contributed by atoms with van der Waals surface area (Å²) >= 11 is 5.90. The van der Waals surface area contributed by atoms with Crippen molar-refractivity contribution in [2.45, 2.75) is 25.4 Å². The standard InChI is InChI=1S/C26H25ClF2N4O5/c1-14-23(26(36)32(13-30-14)8-9-37-2)33-12-18(21-19(28)10-17(38-3)11-20(21)29)22(25(33)35)31-24(34)15-4-6-16(27)7-5-15/h4-7,10-11,13,18,22H,8-9,12H2,1-3H3,(H,31,34)/t18-,22-/m0/s1. The maximum absolute atomic E-state index is 15.2. The van der Waals surface area contributed by atoms with Crippen LogP contribution < -0.4 is 20.5 Å². The third kappa shape index (κ3) is 5.25. The fourth-order valence-corrected chi connectivity index (χ4v) is 4.56. The Balaban J connectivity index is 1.79. The van der Waals surface area contributed by atoms with Crippen LogP contribution in [0.2, 0.25) is 5.02 Å². The molecule has 1 aliphatic rings. The van der Waals surface area contributed by atoms with Gasteiger partial charge in [-0.2, -0.15) is 0 Å². The molecule has 1 saturated heterocycles. The fourth-order valence-electron chi connectivity index (χ4n) is 4.43. The zero-order valence-electron chi connectivity index (χ0n) is 20.8. The molecule has 3 aromatic rings. The molecule has 2 atom stereocenters. The van der Waals surface area contributed by atoms with Crippen molar-refractivity contribution in [1.82, 2.24) is 14.9 Å². The van der Waals surface area contributed by atoms with Crippen LogP contribution in [0.3, 0.4) is 0 Å². The molecule has 0 radical (unpaired) electrons. The van der Waals surface area contributed by atoms with Crippen molar-refractivity contribution >= 4 is 29.1 Å². The number of carbonyl (C=O) groups is 2. The Labute approximate surface area is 221 Å². The second kappa shape index (κ2) is 11.3. The lowest BCUT2D eigenvalue weighted by Gasteiger charge is -2.20. The molecule has 0 bridgehead atoms. The van der Waals surface area contributed by atoms with E-state index in [0.29, 0.717) is 5.02 Å². The SMILES string of the molecule is COCCn1cnc(C)c(N2C[C@@H](c3c(F)cc(OC)cc3F)[C@H](NC(=O)c3ccc(Cl)cc3)C2=O)c1=O. The second-order valence-corrected chi connectivity index (χ2v) is 9.12. The smallest absolute Gasteiger partial charge is 0.277 e. The summed E-state index contributed by atoms with van der Waals surface area (Å²) in [6.45, 7) is 1.67. The number of hydrogen-bond donors (Lipinski definition) is 1. The largest absolute Gasteiger partial charge is 0.497 e. The fraction of sp³-hybridized carbons (Fsp3) is 0.308. The van der Waals surface area contributed by atoms with E-state index in [9.17, 15) is 14.4 Å². The number of hydrogen-bond acceptors (Lipinski definition) is 6. The molecule has 1 fully saturated rings. The lowest BCUT2D eigenvalue weighted by molar-refractivity contribution is -0.118. The molecule has 1 N–H and O–H groups in total. The average Bonchev–Trinajstić information content (AvgIpc) is 3.18.